The largest absolute Gasteiger partial charge is 0.416 e. The lowest BCUT2D eigenvalue weighted by Crippen LogP contribution is -2.34. The molecule has 6 heteroatoms. The van der Waals surface area contributed by atoms with Crippen LogP contribution < -0.4 is 10.6 Å². The maximum absolute atomic E-state index is 12.4. The van der Waals surface area contributed by atoms with Gasteiger partial charge in [-0.2, -0.15) is 13.2 Å². The average molecular weight is 260 g/mol. The van der Waals surface area contributed by atoms with E-state index in [0.29, 0.717) is 11.3 Å². The van der Waals surface area contributed by atoms with Crippen molar-refractivity contribution in [3.63, 3.8) is 0 Å². The molecule has 0 bridgehead atoms. The highest BCUT2D eigenvalue weighted by atomic mass is 19.4. The van der Waals surface area contributed by atoms with Gasteiger partial charge in [0.05, 0.1) is 5.56 Å². The molecule has 1 rings (SSSR count). The predicted molar refractivity (Wildman–Crippen MR) is 63.5 cm³/mol. The first-order valence-electron chi connectivity index (χ1n) is 5.45. The number of rotatable bonds is 2. The summed E-state index contributed by atoms with van der Waals surface area (Å²) < 4.78 is 37.3. The summed E-state index contributed by atoms with van der Waals surface area (Å²) in [4.78, 5) is 11.4. The first kappa shape index (κ1) is 14.3. The van der Waals surface area contributed by atoms with Gasteiger partial charge in [-0.3, -0.25) is 0 Å². The SMILES string of the molecule is Cc1cc(C(F)(F)F)ccc1NC(=O)NC(C)C. The average Bonchev–Trinajstić information content (AvgIpc) is 2.18. The Morgan fingerprint density at radius 3 is 2.33 bits per heavy atom. The van der Waals surface area contributed by atoms with Crippen LogP contribution in [0.25, 0.3) is 0 Å². The van der Waals surface area contributed by atoms with Crippen LogP contribution >= 0.6 is 0 Å². The summed E-state index contributed by atoms with van der Waals surface area (Å²) in [6, 6.07) is 2.72. The summed E-state index contributed by atoms with van der Waals surface area (Å²) in [5.41, 5.74) is -0.000279. The Kier molecular flexibility index (Phi) is 4.21. The minimum atomic E-state index is -4.37. The van der Waals surface area contributed by atoms with E-state index >= 15 is 0 Å². The van der Waals surface area contributed by atoms with Crippen LogP contribution in [0.4, 0.5) is 23.7 Å². The highest BCUT2D eigenvalue weighted by Crippen LogP contribution is 2.31. The highest BCUT2D eigenvalue weighted by Gasteiger charge is 2.30. The van der Waals surface area contributed by atoms with Gasteiger partial charge in [-0.05, 0) is 44.5 Å². The van der Waals surface area contributed by atoms with Gasteiger partial charge in [-0.1, -0.05) is 0 Å². The Hall–Kier alpha value is -1.72. The Balaban J connectivity index is 2.84. The van der Waals surface area contributed by atoms with Crippen molar-refractivity contribution in [1.82, 2.24) is 5.32 Å². The molecule has 100 valence electrons. The number of carbonyl (C=O) groups excluding carboxylic acids is 1. The van der Waals surface area contributed by atoms with E-state index in [1.54, 1.807) is 13.8 Å². The minimum absolute atomic E-state index is 0.0419. The van der Waals surface area contributed by atoms with Crippen molar-refractivity contribution in [3.8, 4) is 0 Å². The number of amides is 2. The maximum Gasteiger partial charge on any atom is 0.416 e. The molecule has 0 saturated carbocycles. The second-order valence-electron chi connectivity index (χ2n) is 4.28. The van der Waals surface area contributed by atoms with E-state index < -0.39 is 17.8 Å². The number of benzene rings is 1. The number of aryl methyl sites for hydroxylation is 1. The van der Waals surface area contributed by atoms with Crippen molar-refractivity contribution in [2.75, 3.05) is 5.32 Å². The molecule has 0 fully saturated rings. The molecule has 0 aliphatic rings. The summed E-state index contributed by atoms with van der Waals surface area (Å²) in [5, 5.41) is 5.09. The second kappa shape index (κ2) is 5.29. The third-order valence-electron chi connectivity index (χ3n) is 2.22. The van der Waals surface area contributed by atoms with E-state index in [1.165, 1.54) is 13.0 Å². The van der Waals surface area contributed by atoms with E-state index in [0.717, 1.165) is 12.1 Å². The molecule has 0 radical (unpaired) electrons. The lowest BCUT2D eigenvalue weighted by molar-refractivity contribution is -0.137. The maximum atomic E-state index is 12.4. The van der Waals surface area contributed by atoms with Gasteiger partial charge in [-0.15, -0.1) is 0 Å². The fraction of sp³-hybridized carbons (Fsp3) is 0.417. The number of halogens is 3. The Bertz CT molecular complexity index is 441. The number of alkyl halides is 3. The number of anilines is 1. The second-order valence-corrected chi connectivity index (χ2v) is 4.28. The van der Waals surface area contributed by atoms with Crippen molar-refractivity contribution in [2.24, 2.45) is 0 Å². The van der Waals surface area contributed by atoms with Crippen LogP contribution in [0.15, 0.2) is 18.2 Å². The molecule has 1 aromatic rings. The van der Waals surface area contributed by atoms with Crippen molar-refractivity contribution in [1.29, 1.82) is 0 Å². The molecule has 1 aromatic carbocycles. The lowest BCUT2D eigenvalue weighted by atomic mass is 10.1. The Morgan fingerprint density at radius 2 is 1.89 bits per heavy atom. The van der Waals surface area contributed by atoms with Crippen LogP contribution in [0.1, 0.15) is 25.0 Å². The van der Waals surface area contributed by atoms with Gasteiger partial charge >= 0.3 is 12.2 Å². The third-order valence-corrected chi connectivity index (χ3v) is 2.22. The Morgan fingerprint density at radius 1 is 1.28 bits per heavy atom. The summed E-state index contributed by atoms with van der Waals surface area (Å²) in [5.74, 6) is 0. The van der Waals surface area contributed by atoms with Crippen molar-refractivity contribution < 1.29 is 18.0 Å². The summed E-state index contributed by atoms with van der Waals surface area (Å²) in [7, 11) is 0. The fourth-order valence-electron chi connectivity index (χ4n) is 1.40. The molecule has 0 heterocycles. The smallest absolute Gasteiger partial charge is 0.336 e. The number of carbonyl (C=O) groups is 1. The van der Waals surface area contributed by atoms with Gasteiger partial charge in [0.2, 0.25) is 0 Å². The van der Waals surface area contributed by atoms with Crippen molar-refractivity contribution in [3.05, 3.63) is 29.3 Å². The van der Waals surface area contributed by atoms with E-state index in [4.69, 9.17) is 0 Å². The van der Waals surface area contributed by atoms with Gasteiger partial charge in [0.25, 0.3) is 0 Å². The molecule has 0 unspecified atom stereocenters. The first-order chi connectivity index (χ1) is 8.20. The normalized spacial score (nSPS) is 11.5. The standard InChI is InChI=1S/C12H15F3N2O/c1-7(2)16-11(18)17-10-5-4-9(6-8(10)3)12(13,14)15/h4-7H,1-3H3,(H2,16,17,18). The molecule has 0 aliphatic carbocycles. The fourth-order valence-corrected chi connectivity index (χ4v) is 1.40. The van der Waals surface area contributed by atoms with Crippen molar-refractivity contribution >= 4 is 11.7 Å². The van der Waals surface area contributed by atoms with Crippen LogP contribution in [0.5, 0.6) is 0 Å². The monoisotopic (exact) mass is 260 g/mol. The van der Waals surface area contributed by atoms with Gasteiger partial charge in [0, 0.05) is 11.7 Å². The van der Waals surface area contributed by atoms with Gasteiger partial charge in [0.1, 0.15) is 0 Å². The molecular weight excluding hydrogens is 245 g/mol. The van der Waals surface area contributed by atoms with Crippen LogP contribution in [-0.2, 0) is 6.18 Å². The van der Waals surface area contributed by atoms with Crippen molar-refractivity contribution in [2.45, 2.75) is 33.0 Å². The molecule has 0 spiro atoms. The minimum Gasteiger partial charge on any atom is -0.336 e. The van der Waals surface area contributed by atoms with E-state index in [2.05, 4.69) is 10.6 Å². The predicted octanol–water partition coefficient (Wildman–Crippen LogP) is 3.54. The highest BCUT2D eigenvalue weighted by molar-refractivity contribution is 5.90. The molecule has 0 atom stereocenters. The van der Waals surface area contributed by atoms with E-state index in [9.17, 15) is 18.0 Å². The van der Waals surface area contributed by atoms with Crippen LogP contribution in [0, 0.1) is 6.92 Å². The van der Waals surface area contributed by atoms with Crippen LogP contribution in [0.3, 0.4) is 0 Å². The topological polar surface area (TPSA) is 41.1 Å². The molecule has 18 heavy (non-hydrogen) atoms. The number of nitrogens with one attached hydrogen (secondary N) is 2. The molecule has 0 aliphatic heterocycles. The quantitative estimate of drug-likeness (QED) is 0.839. The van der Waals surface area contributed by atoms with Gasteiger partial charge in [0.15, 0.2) is 0 Å². The molecular formula is C12H15F3N2O. The summed E-state index contributed by atoms with van der Waals surface area (Å²) in [6.45, 7) is 5.10. The molecule has 0 aromatic heterocycles. The number of urea groups is 1. The number of hydrogen-bond donors (Lipinski definition) is 2. The van der Waals surface area contributed by atoms with E-state index in [1.807, 2.05) is 0 Å². The zero-order valence-corrected chi connectivity index (χ0v) is 10.4. The first-order valence-corrected chi connectivity index (χ1v) is 5.45. The number of hydrogen-bond acceptors (Lipinski definition) is 1. The zero-order valence-electron chi connectivity index (χ0n) is 10.4. The molecule has 2 N–H and O–H groups in total. The molecule has 3 nitrogen and oxygen atoms in total. The summed E-state index contributed by atoms with van der Waals surface area (Å²) in [6.07, 6.45) is -4.37. The Labute approximate surface area is 103 Å². The molecule has 2 amide bonds. The third kappa shape index (κ3) is 3.94. The van der Waals surface area contributed by atoms with E-state index in [-0.39, 0.29) is 6.04 Å². The van der Waals surface area contributed by atoms with Crippen LogP contribution in [-0.4, -0.2) is 12.1 Å². The molecule has 0 saturated heterocycles. The lowest BCUT2D eigenvalue weighted by Gasteiger charge is -2.13. The summed E-state index contributed by atoms with van der Waals surface area (Å²) >= 11 is 0. The van der Waals surface area contributed by atoms with Gasteiger partial charge < -0.3 is 10.6 Å². The van der Waals surface area contributed by atoms with Gasteiger partial charge in [-0.25, -0.2) is 4.79 Å². The van der Waals surface area contributed by atoms with Crippen LogP contribution in [0.2, 0.25) is 0 Å². The zero-order chi connectivity index (χ0) is 13.9.